The molecule has 96 valence electrons. The van der Waals surface area contributed by atoms with Crippen LogP contribution in [0.15, 0.2) is 24.3 Å². The molecule has 1 heterocycles. The molecule has 18 heavy (non-hydrogen) atoms. The lowest BCUT2D eigenvalue weighted by atomic mass is 10.2. The van der Waals surface area contributed by atoms with E-state index < -0.39 is 0 Å². The maximum absolute atomic E-state index is 11.2. The Morgan fingerprint density at radius 1 is 1.11 bits per heavy atom. The van der Waals surface area contributed by atoms with Crippen LogP contribution in [0.2, 0.25) is 0 Å². The average molecular weight is 264 g/mol. The average Bonchev–Trinajstić information content (AvgIpc) is 2.39. The fourth-order valence-electron chi connectivity index (χ4n) is 2.01. The molecule has 0 aromatic heterocycles. The van der Waals surface area contributed by atoms with Gasteiger partial charge in [-0.3, -0.25) is 4.79 Å². The Morgan fingerprint density at radius 3 is 2.11 bits per heavy atom. The molecule has 0 spiro atoms. The summed E-state index contributed by atoms with van der Waals surface area (Å²) < 4.78 is 0. The van der Waals surface area contributed by atoms with Gasteiger partial charge in [-0.25, -0.2) is 0 Å². The zero-order valence-electron chi connectivity index (χ0n) is 10.3. The van der Waals surface area contributed by atoms with Gasteiger partial charge >= 0.3 is 0 Å². The minimum atomic E-state index is 0.116. The molecule has 4 nitrogen and oxygen atoms in total. The van der Waals surface area contributed by atoms with Crippen LogP contribution in [0.25, 0.3) is 0 Å². The highest BCUT2D eigenvalue weighted by molar-refractivity contribution is 7.80. The molecule has 1 fully saturated rings. The van der Waals surface area contributed by atoms with Gasteiger partial charge in [0.05, 0.1) is 0 Å². The van der Waals surface area contributed by atoms with Gasteiger partial charge in [0.25, 0.3) is 0 Å². The number of phenolic OH excluding ortho intramolecular Hbond substituents is 1. The Kier molecular flexibility index (Phi) is 3.81. The predicted octanol–water partition coefficient (Wildman–Crippen LogP) is 1.23. The summed E-state index contributed by atoms with van der Waals surface area (Å²) in [7, 11) is 0. The first kappa shape index (κ1) is 12.8. The van der Waals surface area contributed by atoms with E-state index in [1.165, 1.54) is 0 Å². The number of hydrogen-bond donors (Lipinski definition) is 1. The fraction of sp³-hybridized carbons (Fsp3) is 0.385. The summed E-state index contributed by atoms with van der Waals surface area (Å²) >= 11 is 5.43. The van der Waals surface area contributed by atoms with Crippen molar-refractivity contribution in [1.29, 1.82) is 0 Å². The SMILES string of the molecule is CC(=O)N1CCN(C(=S)c2ccc(O)cc2)CC1. The first-order chi connectivity index (χ1) is 8.58. The first-order valence-electron chi connectivity index (χ1n) is 5.92. The van der Waals surface area contributed by atoms with Crippen molar-refractivity contribution in [1.82, 2.24) is 9.80 Å². The molecule has 0 radical (unpaired) electrons. The molecule has 2 rings (SSSR count). The standard InChI is InChI=1S/C13H16N2O2S/c1-10(16)14-6-8-15(9-7-14)13(18)11-2-4-12(17)5-3-11/h2-5,17H,6-9H2,1H3. The number of aromatic hydroxyl groups is 1. The van der Waals surface area contributed by atoms with Gasteiger partial charge in [-0.2, -0.15) is 0 Å². The summed E-state index contributed by atoms with van der Waals surface area (Å²) in [5, 5.41) is 9.24. The number of phenols is 1. The molecule has 1 saturated heterocycles. The summed E-state index contributed by atoms with van der Waals surface area (Å²) in [5.41, 5.74) is 0.930. The second kappa shape index (κ2) is 5.35. The van der Waals surface area contributed by atoms with Crippen LogP contribution in [0.1, 0.15) is 12.5 Å². The van der Waals surface area contributed by atoms with Gasteiger partial charge in [-0.15, -0.1) is 0 Å². The van der Waals surface area contributed by atoms with E-state index in [-0.39, 0.29) is 11.7 Å². The monoisotopic (exact) mass is 264 g/mol. The van der Waals surface area contributed by atoms with E-state index in [0.717, 1.165) is 23.6 Å². The zero-order chi connectivity index (χ0) is 13.1. The highest BCUT2D eigenvalue weighted by Crippen LogP contribution is 2.14. The Bertz CT molecular complexity index is 451. The molecular formula is C13H16N2O2S. The van der Waals surface area contributed by atoms with Crippen LogP contribution in [0.3, 0.4) is 0 Å². The number of carbonyl (C=O) groups excluding carboxylic acids is 1. The van der Waals surface area contributed by atoms with Crippen molar-refractivity contribution >= 4 is 23.1 Å². The lowest BCUT2D eigenvalue weighted by molar-refractivity contribution is -0.130. The van der Waals surface area contributed by atoms with Crippen molar-refractivity contribution < 1.29 is 9.90 Å². The molecule has 0 atom stereocenters. The highest BCUT2D eigenvalue weighted by atomic mass is 32.1. The number of hydrogen-bond acceptors (Lipinski definition) is 3. The van der Waals surface area contributed by atoms with Crippen molar-refractivity contribution in [2.75, 3.05) is 26.2 Å². The minimum absolute atomic E-state index is 0.116. The Balaban J connectivity index is 1.99. The van der Waals surface area contributed by atoms with Crippen LogP contribution in [-0.2, 0) is 4.79 Å². The summed E-state index contributed by atoms with van der Waals surface area (Å²) in [6.45, 7) is 4.55. The van der Waals surface area contributed by atoms with Crippen LogP contribution in [0, 0.1) is 0 Å². The first-order valence-corrected chi connectivity index (χ1v) is 6.32. The van der Waals surface area contributed by atoms with Crippen LogP contribution < -0.4 is 0 Å². The van der Waals surface area contributed by atoms with Gasteiger partial charge in [0.2, 0.25) is 5.91 Å². The Labute approximate surface area is 112 Å². The number of nitrogens with zero attached hydrogens (tertiary/aromatic N) is 2. The Hall–Kier alpha value is -1.62. The molecule has 1 amide bonds. The third kappa shape index (κ3) is 2.79. The van der Waals surface area contributed by atoms with Crippen LogP contribution >= 0.6 is 12.2 Å². The number of benzene rings is 1. The summed E-state index contributed by atoms with van der Waals surface area (Å²) in [6, 6.07) is 6.89. The number of thiocarbonyl (C=S) groups is 1. The number of rotatable bonds is 1. The lowest BCUT2D eigenvalue weighted by Gasteiger charge is -2.35. The second-order valence-electron chi connectivity index (χ2n) is 4.35. The zero-order valence-corrected chi connectivity index (χ0v) is 11.1. The quantitative estimate of drug-likeness (QED) is 0.775. The smallest absolute Gasteiger partial charge is 0.219 e. The molecule has 1 aromatic carbocycles. The Morgan fingerprint density at radius 2 is 1.61 bits per heavy atom. The van der Waals surface area contributed by atoms with E-state index in [4.69, 9.17) is 12.2 Å². The number of amides is 1. The van der Waals surface area contributed by atoms with Gasteiger partial charge in [-0.05, 0) is 24.3 Å². The normalized spacial score (nSPS) is 15.6. The third-order valence-corrected chi connectivity index (χ3v) is 3.62. The van der Waals surface area contributed by atoms with Crippen molar-refractivity contribution in [2.24, 2.45) is 0 Å². The molecule has 1 aromatic rings. The molecule has 1 aliphatic rings. The fourth-order valence-corrected chi connectivity index (χ4v) is 2.33. The van der Waals surface area contributed by atoms with E-state index in [0.29, 0.717) is 13.1 Å². The van der Waals surface area contributed by atoms with E-state index in [9.17, 15) is 9.90 Å². The van der Waals surface area contributed by atoms with Gasteiger partial charge in [0, 0.05) is 38.7 Å². The molecule has 0 unspecified atom stereocenters. The minimum Gasteiger partial charge on any atom is -0.508 e. The van der Waals surface area contributed by atoms with E-state index in [1.54, 1.807) is 19.1 Å². The van der Waals surface area contributed by atoms with E-state index in [1.807, 2.05) is 17.0 Å². The topological polar surface area (TPSA) is 43.8 Å². The largest absolute Gasteiger partial charge is 0.508 e. The second-order valence-corrected chi connectivity index (χ2v) is 4.73. The van der Waals surface area contributed by atoms with Crippen molar-refractivity contribution in [3.05, 3.63) is 29.8 Å². The number of carbonyl (C=O) groups is 1. The lowest BCUT2D eigenvalue weighted by Crippen LogP contribution is -2.49. The van der Waals surface area contributed by atoms with Crippen LogP contribution in [0.5, 0.6) is 5.75 Å². The maximum Gasteiger partial charge on any atom is 0.219 e. The molecule has 0 saturated carbocycles. The van der Waals surface area contributed by atoms with Gasteiger partial charge in [0.15, 0.2) is 0 Å². The van der Waals surface area contributed by atoms with Crippen molar-refractivity contribution in [2.45, 2.75) is 6.92 Å². The van der Waals surface area contributed by atoms with Crippen molar-refractivity contribution in [3.8, 4) is 5.75 Å². The van der Waals surface area contributed by atoms with Gasteiger partial charge < -0.3 is 14.9 Å². The maximum atomic E-state index is 11.2. The van der Waals surface area contributed by atoms with Gasteiger partial charge in [-0.1, -0.05) is 12.2 Å². The van der Waals surface area contributed by atoms with Gasteiger partial charge in [0.1, 0.15) is 10.7 Å². The molecule has 1 N–H and O–H groups in total. The molecule has 5 heteroatoms. The summed E-state index contributed by atoms with van der Waals surface area (Å²) in [5.74, 6) is 0.355. The molecule has 1 aliphatic heterocycles. The predicted molar refractivity (Wildman–Crippen MR) is 73.6 cm³/mol. The highest BCUT2D eigenvalue weighted by Gasteiger charge is 2.20. The van der Waals surface area contributed by atoms with E-state index >= 15 is 0 Å². The molecule has 0 aliphatic carbocycles. The number of piperazine rings is 1. The van der Waals surface area contributed by atoms with Crippen LogP contribution in [-0.4, -0.2) is 52.0 Å². The van der Waals surface area contributed by atoms with Crippen molar-refractivity contribution in [3.63, 3.8) is 0 Å². The third-order valence-electron chi connectivity index (χ3n) is 3.13. The molecule has 0 bridgehead atoms. The molecular weight excluding hydrogens is 248 g/mol. The summed E-state index contributed by atoms with van der Waals surface area (Å²) in [6.07, 6.45) is 0. The van der Waals surface area contributed by atoms with Crippen LogP contribution in [0.4, 0.5) is 0 Å². The van der Waals surface area contributed by atoms with E-state index in [2.05, 4.69) is 4.90 Å². The summed E-state index contributed by atoms with van der Waals surface area (Å²) in [4.78, 5) is 15.9.